The van der Waals surface area contributed by atoms with Crippen molar-refractivity contribution >= 4 is 52.3 Å². The number of halogens is 3. The molecule has 132 valence electrons. The summed E-state index contributed by atoms with van der Waals surface area (Å²) in [5, 5.41) is 4.18. The summed E-state index contributed by atoms with van der Waals surface area (Å²) in [6.07, 6.45) is 0.608. The van der Waals surface area contributed by atoms with Crippen molar-refractivity contribution in [1.29, 1.82) is 0 Å². The van der Waals surface area contributed by atoms with Crippen LogP contribution < -0.4 is 5.32 Å². The molecule has 4 nitrogen and oxygen atoms in total. The molecule has 0 atom stereocenters. The Labute approximate surface area is 161 Å². The molecule has 0 saturated carbocycles. The molecule has 2 amide bonds. The van der Waals surface area contributed by atoms with Crippen molar-refractivity contribution in [1.82, 2.24) is 4.90 Å². The molecule has 0 fully saturated rings. The van der Waals surface area contributed by atoms with Crippen LogP contribution in [0.1, 0.15) is 12.5 Å². The van der Waals surface area contributed by atoms with Crippen molar-refractivity contribution in [3.8, 4) is 0 Å². The number of amides is 2. The van der Waals surface area contributed by atoms with Crippen LogP contribution in [0.4, 0.5) is 5.69 Å². The Bertz CT molecular complexity index is 760. The van der Waals surface area contributed by atoms with Crippen LogP contribution in [-0.2, 0) is 16.0 Å². The predicted molar refractivity (Wildman–Crippen MR) is 103 cm³/mol. The summed E-state index contributed by atoms with van der Waals surface area (Å²) in [4.78, 5) is 25.5. The van der Waals surface area contributed by atoms with Crippen molar-refractivity contribution in [2.75, 3.05) is 18.4 Å². The number of carbonyl (C=O) groups excluding carboxylic acids is 2. The minimum absolute atomic E-state index is 0.0555. The molecule has 2 aromatic carbocycles. The Kier molecular flexibility index (Phi) is 7.12. The Morgan fingerprint density at radius 1 is 1.00 bits per heavy atom. The number of rotatable bonds is 6. The Balaban J connectivity index is 1.96. The number of benzene rings is 2. The van der Waals surface area contributed by atoms with E-state index in [1.54, 1.807) is 24.3 Å². The molecule has 0 saturated heterocycles. The third kappa shape index (κ3) is 6.58. The van der Waals surface area contributed by atoms with Crippen LogP contribution in [0.2, 0.25) is 15.1 Å². The Morgan fingerprint density at radius 2 is 1.68 bits per heavy atom. The van der Waals surface area contributed by atoms with Crippen LogP contribution in [-0.4, -0.2) is 29.8 Å². The van der Waals surface area contributed by atoms with Gasteiger partial charge in [-0.2, -0.15) is 0 Å². The molecule has 0 radical (unpaired) electrons. The molecule has 0 bridgehead atoms. The van der Waals surface area contributed by atoms with Crippen LogP contribution in [0, 0.1) is 0 Å². The monoisotopic (exact) mass is 398 g/mol. The highest BCUT2D eigenvalue weighted by Crippen LogP contribution is 2.22. The molecule has 0 spiro atoms. The van der Waals surface area contributed by atoms with Gasteiger partial charge in [-0.25, -0.2) is 0 Å². The Morgan fingerprint density at radius 3 is 2.28 bits per heavy atom. The van der Waals surface area contributed by atoms with E-state index in [9.17, 15) is 9.59 Å². The molecule has 0 unspecified atom stereocenters. The third-order valence-electron chi connectivity index (χ3n) is 3.49. The number of nitrogens with one attached hydrogen (secondary N) is 1. The molecule has 0 aliphatic heterocycles. The van der Waals surface area contributed by atoms with Crippen molar-refractivity contribution in [2.45, 2.75) is 13.3 Å². The maximum Gasteiger partial charge on any atom is 0.243 e. The quantitative estimate of drug-likeness (QED) is 0.767. The summed E-state index contributed by atoms with van der Waals surface area (Å²) in [5.74, 6) is -0.499. The highest BCUT2D eigenvalue weighted by molar-refractivity contribution is 6.35. The zero-order valence-electron chi connectivity index (χ0n) is 13.6. The van der Waals surface area contributed by atoms with Crippen molar-refractivity contribution in [3.63, 3.8) is 0 Å². The lowest BCUT2D eigenvalue weighted by atomic mass is 10.1. The summed E-state index contributed by atoms with van der Waals surface area (Å²) < 4.78 is 0. The predicted octanol–water partition coefficient (Wildman–Crippen LogP) is 4.68. The van der Waals surface area contributed by atoms with Crippen LogP contribution >= 0.6 is 34.8 Å². The lowest BCUT2D eigenvalue weighted by Gasteiger charge is -2.20. The normalized spacial score (nSPS) is 10.4. The topological polar surface area (TPSA) is 49.4 Å². The zero-order valence-corrected chi connectivity index (χ0v) is 15.8. The molecule has 0 aromatic heterocycles. The first-order valence-corrected chi connectivity index (χ1v) is 8.73. The van der Waals surface area contributed by atoms with Gasteiger partial charge in [-0.15, -0.1) is 0 Å². The van der Waals surface area contributed by atoms with Crippen LogP contribution in [0.15, 0.2) is 42.5 Å². The molecular formula is C18H17Cl3N2O2. The summed E-state index contributed by atoms with van der Waals surface area (Å²) in [6, 6.07) is 12.2. The Hall–Kier alpha value is -1.75. The molecular weight excluding hydrogens is 383 g/mol. The lowest BCUT2D eigenvalue weighted by molar-refractivity contribution is -0.132. The summed E-state index contributed by atoms with van der Waals surface area (Å²) in [5.41, 5.74) is 1.49. The van der Waals surface area contributed by atoms with Gasteiger partial charge in [0.15, 0.2) is 0 Å². The van der Waals surface area contributed by atoms with Gasteiger partial charge in [0.25, 0.3) is 0 Å². The number of nitrogens with zero attached hydrogens (tertiary/aromatic N) is 1. The van der Waals surface area contributed by atoms with E-state index >= 15 is 0 Å². The maximum atomic E-state index is 12.2. The van der Waals surface area contributed by atoms with E-state index < -0.39 is 0 Å². The average molecular weight is 400 g/mol. The molecule has 0 heterocycles. The van der Waals surface area contributed by atoms with E-state index in [1.165, 1.54) is 11.8 Å². The minimum atomic E-state index is -0.320. The van der Waals surface area contributed by atoms with E-state index in [0.717, 1.165) is 5.56 Å². The number of anilines is 1. The fourth-order valence-electron chi connectivity index (χ4n) is 2.30. The summed E-state index contributed by atoms with van der Waals surface area (Å²) >= 11 is 17.8. The fourth-order valence-corrected chi connectivity index (χ4v) is 3.04. The van der Waals surface area contributed by atoms with Crippen molar-refractivity contribution in [2.24, 2.45) is 0 Å². The molecule has 0 aliphatic rings. The highest BCUT2D eigenvalue weighted by atomic mass is 35.5. The first-order valence-electron chi connectivity index (χ1n) is 7.59. The first-order chi connectivity index (χ1) is 11.8. The molecule has 2 aromatic rings. The second kappa shape index (κ2) is 9.09. The van der Waals surface area contributed by atoms with E-state index in [4.69, 9.17) is 34.8 Å². The van der Waals surface area contributed by atoms with Gasteiger partial charge in [0, 0.05) is 34.2 Å². The molecule has 2 rings (SSSR count). The van der Waals surface area contributed by atoms with Crippen LogP contribution in [0.5, 0.6) is 0 Å². The second-order valence-electron chi connectivity index (χ2n) is 5.53. The molecule has 25 heavy (non-hydrogen) atoms. The molecule has 0 aliphatic carbocycles. The van der Waals surface area contributed by atoms with E-state index in [2.05, 4.69) is 5.32 Å². The third-order valence-corrected chi connectivity index (χ3v) is 4.16. The minimum Gasteiger partial charge on any atom is -0.333 e. The first kappa shape index (κ1) is 19.6. The van der Waals surface area contributed by atoms with Crippen molar-refractivity contribution < 1.29 is 9.59 Å². The zero-order chi connectivity index (χ0) is 18.4. The van der Waals surface area contributed by atoms with Gasteiger partial charge in [-0.1, -0.05) is 46.9 Å². The lowest BCUT2D eigenvalue weighted by Crippen LogP contribution is -2.38. The highest BCUT2D eigenvalue weighted by Gasteiger charge is 2.14. The second-order valence-corrected chi connectivity index (χ2v) is 6.84. The number of hydrogen-bond donors (Lipinski definition) is 1. The van der Waals surface area contributed by atoms with Gasteiger partial charge in [0.2, 0.25) is 11.8 Å². The summed E-state index contributed by atoms with van der Waals surface area (Å²) in [7, 11) is 0. The number of hydrogen-bond acceptors (Lipinski definition) is 2. The average Bonchev–Trinajstić information content (AvgIpc) is 2.50. The fraction of sp³-hybridized carbons (Fsp3) is 0.222. The van der Waals surface area contributed by atoms with Gasteiger partial charge in [-0.3, -0.25) is 9.59 Å². The maximum absolute atomic E-state index is 12.2. The largest absolute Gasteiger partial charge is 0.333 e. The number of carbonyl (C=O) groups is 2. The van der Waals surface area contributed by atoms with E-state index in [0.29, 0.717) is 33.7 Å². The standard InChI is InChI=1S/C18H17Cl3N2O2/c1-12(24)23(6-5-13-3-2-4-14(19)7-13)11-18(25)22-17-9-15(20)8-16(21)10-17/h2-4,7-10H,5-6,11H2,1H3,(H,22,25). The summed E-state index contributed by atoms with van der Waals surface area (Å²) in [6.45, 7) is 1.79. The van der Waals surface area contributed by atoms with E-state index in [-0.39, 0.29) is 18.4 Å². The van der Waals surface area contributed by atoms with E-state index in [1.807, 2.05) is 18.2 Å². The SMILES string of the molecule is CC(=O)N(CCc1cccc(Cl)c1)CC(=O)Nc1cc(Cl)cc(Cl)c1. The van der Waals surface area contributed by atoms with Gasteiger partial charge in [-0.05, 0) is 42.3 Å². The van der Waals surface area contributed by atoms with Crippen LogP contribution in [0.3, 0.4) is 0 Å². The van der Waals surface area contributed by atoms with Crippen LogP contribution in [0.25, 0.3) is 0 Å². The molecule has 7 heteroatoms. The molecule has 1 N–H and O–H groups in total. The van der Waals surface area contributed by atoms with Crippen molar-refractivity contribution in [3.05, 3.63) is 63.1 Å². The van der Waals surface area contributed by atoms with Gasteiger partial charge < -0.3 is 10.2 Å². The van der Waals surface area contributed by atoms with Gasteiger partial charge >= 0.3 is 0 Å². The smallest absolute Gasteiger partial charge is 0.243 e. The van der Waals surface area contributed by atoms with Gasteiger partial charge in [0.05, 0.1) is 6.54 Å². The van der Waals surface area contributed by atoms with Gasteiger partial charge in [0.1, 0.15) is 0 Å².